The third kappa shape index (κ3) is 5.01. The first-order chi connectivity index (χ1) is 8.13. The summed E-state index contributed by atoms with van der Waals surface area (Å²) in [6, 6.07) is -1.53. The Labute approximate surface area is 99.5 Å². The van der Waals surface area contributed by atoms with Crippen LogP contribution in [0.1, 0.15) is 6.42 Å². The van der Waals surface area contributed by atoms with Crippen LogP contribution >= 0.6 is 0 Å². The predicted octanol–water partition coefficient (Wildman–Crippen LogP) is -0.578. The summed E-state index contributed by atoms with van der Waals surface area (Å²) in [5, 5.41) is 13.7. The van der Waals surface area contributed by atoms with Crippen molar-refractivity contribution in [2.45, 2.75) is 12.5 Å². The third-order valence-electron chi connectivity index (χ3n) is 2.51. The summed E-state index contributed by atoms with van der Waals surface area (Å²) in [4.78, 5) is 22.2. The second kappa shape index (κ2) is 7.08. The number of ether oxygens (including phenoxy) is 2. The molecular weight excluding hydrogens is 228 g/mol. The van der Waals surface area contributed by atoms with Crippen LogP contribution in [0.3, 0.4) is 0 Å². The van der Waals surface area contributed by atoms with Gasteiger partial charge in [-0.1, -0.05) is 0 Å². The van der Waals surface area contributed by atoms with Crippen LogP contribution in [0, 0.1) is 5.92 Å². The Hall–Kier alpha value is -1.34. The highest BCUT2D eigenvalue weighted by molar-refractivity contribution is 5.82. The summed E-state index contributed by atoms with van der Waals surface area (Å²) in [6.07, 6.45) is 0.917. The Morgan fingerprint density at radius 3 is 2.88 bits per heavy atom. The van der Waals surface area contributed by atoms with Crippen LogP contribution in [0.15, 0.2) is 0 Å². The highest BCUT2D eigenvalue weighted by Gasteiger charge is 2.21. The fourth-order valence-electron chi connectivity index (χ4n) is 1.53. The molecule has 0 aromatic carbocycles. The van der Waals surface area contributed by atoms with Gasteiger partial charge in [-0.3, -0.25) is 0 Å². The lowest BCUT2D eigenvalue weighted by Gasteiger charge is -2.15. The first kappa shape index (κ1) is 13.7. The van der Waals surface area contributed by atoms with Crippen LogP contribution in [0.25, 0.3) is 0 Å². The van der Waals surface area contributed by atoms with Crippen molar-refractivity contribution in [3.8, 4) is 0 Å². The number of rotatable bonds is 6. The molecule has 98 valence electrons. The van der Waals surface area contributed by atoms with E-state index in [2.05, 4.69) is 10.6 Å². The van der Waals surface area contributed by atoms with E-state index in [1.165, 1.54) is 7.11 Å². The van der Waals surface area contributed by atoms with E-state index < -0.39 is 18.0 Å². The predicted molar refractivity (Wildman–Crippen MR) is 58.8 cm³/mol. The zero-order chi connectivity index (χ0) is 12.7. The number of carboxylic acids is 1. The van der Waals surface area contributed by atoms with Gasteiger partial charge in [0.15, 0.2) is 6.04 Å². The molecule has 0 bridgehead atoms. The van der Waals surface area contributed by atoms with Crippen molar-refractivity contribution in [3.63, 3.8) is 0 Å². The van der Waals surface area contributed by atoms with E-state index in [1.807, 2.05) is 0 Å². The molecule has 1 aliphatic rings. The quantitative estimate of drug-likeness (QED) is 0.582. The van der Waals surface area contributed by atoms with Gasteiger partial charge in [-0.25, -0.2) is 9.59 Å². The number of urea groups is 1. The number of aliphatic carboxylic acids is 1. The number of carbonyl (C=O) groups is 2. The molecule has 1 aliphatic heterocycles. The maximum absolute atomic E-state index is 11.4. The normalized spacial score (nSPS) is 20.9. The van der Waals surface area contributed by atoms with Gasteiger partial charge in [-0.05, 0) is 6.42 Å². The zero-order valence-corrected chi connectivity index (χ0v) is 9.77. The van der Waals surface area contributed by atoms with Crippen LogP contribution in [0.4, 0.5) is 4.79 Å². The Bertz CT molecular complexity index is 265. The van der Waals surface area contributed by atoms with E-state index in [4.69, 9.17) is 14.6 Å². The zero-order valence-electron chi connectivity index (χ0n) is 9.77. The summed E-state index contributed by atoms with van der Waals surface area (Å²) >= 11 is 0. The van der Waals surface area contributed by atoms with E-state index >= 15 is 0 Å². The molecule has 0 aromatic heterocycles. The average Bonchev–Trinajstić information content (AvgIpc) is 2.78. The molecule has 7 heteroatoms. The first-order valence-corrected chi connectivity index (χ1v) is 5.47. The van der Waals surface area contributed by atoms with E-state index in [-0.39, 0.29) is 6.61 Å². The largest absolute Gasteiger partial charge is 0.480 e. The van der Waals surface area contributed by atoms with E-state index in [0.717, 1.165) is 13.0 Å². The van der Waals surface area contributed by atoms with Gasteiger partial charge in [0.05, 0.1) is 13.2 Å². The maximum atomic E-state index is 11.4. The molecule has 0 spiro atoms. The summed E-state index contributed by atoms with van der Waals surface area (Å²) in [5.74, 6) is -0.808. The van der Waals surface area contributed by atoms with Gasteiger partial charge < -0.3 is 25.2 Å². The molecule has 0 aliphatic carbocycles. The summed E-state index contributed by atoms with van der Waals surface area (Å²) in [7, 11) is 1.38. The van der Waals surface area contributed by atoms with Gasteiger partial charge in [-0.2, -0.15) is 0 Å². The van der Waals surface area contributed by atoms with Crippen molar-refractivity contribution < 1.29 is 24.2 Å². The van der Waals surface area contributed by atoms with Crippen LogP contribution in [-0.4, -0.2) is 56.6 Å². The smallest absolute Gasteiger partial charge is 0.328 e. The molecule has 1 rings (SSSR count). The van der Waals surface area contributed by atoms with Crippen molar-refractivity contribution in [1.29, 1.82) is 0 Å². The monoisotopic (exact) mass is 246 g/mol. The van der Waals surface area contributed by atoms with Crippen LogP contribution in [0.5, 0.6) is 0 Å². The molecule has 1 heterocycles. The topological polar surface area (TPSA) is 96.9 Å². The highest BCUT2D eigenvalue weighted by Crippen LogP contribution is 2.10. The van der Waals surface area contributed by atoms with Gasteiger partial charge >= 0.3 is 12.0 Å². The van der Waals surface area contributed by atoms with Crippen molar-refractivity contribution in [2.75, 3.05) is 33.5 Å². The number of carbonyl (C=O) groups excluding carboxylic acids is 1. The Balaban J connectivity index is 2.23. The fraction of sp³-hybridized carbons (Fsp3) is 0.800. The third-order valence-corrected chi connectivity index (χ3v) is 2.51. The van der Waals surface area contributed by atoms with Crippen molar-refractivity contribution in [1.82, 2.24) is 10.6 Å². The molecule has 3 N–H and O–H groups in total. The fourth-order valence-corrected chi connectivity index (χ4v) is 1.53. The number of methoxy groups -OCH3 is 1. The minimum absolute atomic E-state index is 0.0602. The van der Waals surface area contributed by atoms with Crippen molar-refractivity contribution in [3.05, 3.63) is 0 Å². The summed E-state index contributed by atoms with van der Waals surface area (Å²) in [5.41, 5.74) is 0. The van der Waals surface area contributed by atoms with Crippen molar-refractivity contribution in [2.24, 2.45) is 5.92 Å². The average molecular weight is 246 g/mol. The minimum Gasteiger partial charge on any atom is -0.480 e. The van der Waals surface area contributed by atoms with Gasteiger partial charge in [0, 0.05) is 26.2 Å². The Morgan fingerprint density at radius 1 is 1.59 bits per heavy atom. The molecule has 1 fully saturated rings. The number of amides is 2. The second-order valence-electron chi connectivity index (χ2n) is 3.93. The van der Waals surface area contributed by atoms with E-state index in [1.54, 1.807) is 0 Å². The van der Waals surface area contributed by atoms with Crippen LogP contribution < -0.4 is 10.6 Å². The molecule has 2 amide bonds. The summed E-state index contributed by atoms with van der Waals surface area (Å²) in [6.45, 7) is 1.79. The van der Waals surface area contributed by atoms with Gasteiger partial charge in [0.2, 0.25) is 0 Å². The Kier molecular flexibility index (Phi) is 5.71. The highest BCUT2D eigenvalue weighted by atomic mass is 16.5. The minimum atomic E-state index is -1.12. The van der Waals surface area contributed by atoms with Gasteiger partial charge in [0.1, 0.15) is 0 Å². The molecule has 0 radical (unpaired) electrons. The second-order valence-corrected chi connectivity index (χ2v) is 3.93. The lowest BCUT2D eigenvalue weighted by atomic mass is 10.1. The lowest BCUT2D eigenvalue weighted by molar-refractivity contribution is -0.140. The van der Waals surface area contributed by atoms with E-state index in [9.17, 15) is 9.59 Å². The van der Waals surface area contributed by atoms with E-state index in [0.29, 0.717) is 19.1 Å². The molecule has 7 nitrogen and oxygen atoms in total. The molecular formula is C10H18N2O5. The van der Waals surface area contributed by atoms with Gasteiger partial charge in [-0.15, -0.1) is 0 Å². The lowest BCUT2D eigenvalue weighted by Crippen LogP contribution is -2.49. The molecule has 2 atom stereocenters. The van der Waals surface area contributed by atoms with Crippen LogP contribution in [-0.2, 0) is 14.3 Å². The molecule has 17 heavy (non-hydrogen) atoms. The van der Waals surface area contributed by atoms with Crippen LogP contribution in [0.2, 0.25) is 0 Å². The Morgan fingerprint density at radius 2 is 2.35 bits per heavy atom. The maximum Gasteiger partial charge on any atom is 0.328 e. The number of hydrogen-bond acceptors (Lipinski definition) is 4. The molecule has 2 unspecified atom stereocenters. The SMILES string of the molecule is COCC(NC(=O)NCC1CCOC1)C(=O)O. The van der Waals surface area contributed by atoms with Crippen molar-refractivity contribution >= 4 is 12.0 Å². The number of hydrogen-bond donors (Lipinski definition) is 3. The summed E-state index contributed by atoms with van der Waals surface area (Å²) < 4.78 is 9.86. The standard InChI is InChI=1S/C10H18N2O5/c1-16-6-8(9(13)14)12-10(15)11-4-7-2-3-17-5-7/h7-8H,2-6H2,1H3,(H,13,14)(H2,11,12,15). The number of carboxylic acid groups (broad SMARTS) is 1. The molecule has 0 saturated carbocycles. The number of nitrogens with one attached hydrogen (secondary N) is 2. The molecule has 0 aromatic rings. The first-order valence-electron chi connectivity index (χ1n) is 5.47. The molecule has 1 saturated heterocycles. The van der Waals surface area contributed by atoms with Gasteiger partial charge in [0.25, 0.3) is 0 Å².